The van der Waals surface area contributed by atoms with Gasteiger partial charge in [0.15, 0.2) is 0 Å². The molecule has 0 aliphatic rings. The Bertz CT molecular complexity index is 217. The fraction of sp³-hybridized carbons (Fsp3) is 0.667. The predicted octanol–water partition coefficient (Wildman–Crippen LogP) is 1.60. The molecule has 0 aliphatic heterocycles. The van der Waals surface area contributed by atoms with Gasteiger partial charge in [0.1, 0.15) is 0 Å². The summed E-state index contributed by atoms with van der Waals surface area (Å²) in [6, 6.07) is 0. The lowest BCUT2D eigenvalue weighted by Crippen LogP contribution is -2.25. The number of halogens is 2. The lowest BCUT2D eigenvalue weighted by atomic mass is 10.2. The largest absolute Gasteiger partial charge is 0.478 e. The quantitative estimate of drug-likeness (QED) is 0.672. The van der Waals surface area contributed by atoms with Gasteiger partial charge in [-0.1, -0.05) is 13.0 Å². The molecule has 0 radical (unpaired) electrons. The Morgan fingerprint density at radius 3 is 2.50 bits per heavy atom. The molecule has 0 atom stereocenters. The normalized spacial score (nSPS) is 12.6. The fourth-order valence-electron chi connectivity index (χ4n) is 0.959. The third-order valence-electron chi connectivity index (χ3n) is 1.75. The molecule has 14 heavy (non-hydrogen) atoms. The summed E-state index contributed by atoms with van der Waals surface area (Å²) in [7, 11) is 1.53. The van der Waals surface area contributed by atoms with Gasteiger partial charge in [-0.15, -0.1) is 0 Å². The van der Waals surface area contributed by atoms with E-state index >= 15 is 0 Å². The number of carboxylic acids is 1. The predicted molar refractivity (Wildman–Crippen MR) is 49.5 cm³/mol. The third-order valence-corrected chi connectivity index (χ3v) is 1.75. The van der Waals surface area contributed by atoms with Gasteiger partial charge >= 0.3 is 5.97 Å². The summed E-state index contributed by atoms with van der Waals surface area (Å²) in [4.78, 5) is 11.9. The minimum absolute atomic E-state index is 0.236. The summed E-state index contributed by atoms with van der Waals surface area (Å²) in [5, 5.41) is 8.63. The number of aliphatic carboxylic acids is 1. The maximum atomic E-state index is 11.9. The van der Waals surface area contributed by atoms with E-state index in [1.54, 1.807) is 6.92 Å². The van der Waals surface area contributed by atoms with Crippen LogP contribution in [-0.2, 0) is 4.79 Å². The molecule has 0 amide bonds. The van der Waals surface area contributed by atoms with Gasteiger partial charge in [-0.3, -0.25) is 4.90 Å². The average molecular weight is 207 g/mol. The topological polar surface area (TPSA) is 40.5 Å². The molecule has 5 heteroatoms. The van der Waals surface area contributed by atoms with E-state index in [1.807, 2.05) is 0 Å². The van der Waals surface area contributed by atoms with Crippen LogP contribution in [0.3, 0.4) is 0 Å². The number of alkyl halides is 2. The second-order valence-corrected chi connectivity index (χ2v) is 3.00. The Morgan fingerprint density at radius 1 is 1.57 bits per heavy atom. The lowest BCUT2D eigenvalue weighted by Gasteiger charge is -2.13. The zero-order valence-corrected chi connectivity index (χ0v) is 8.33. The van der Waals surface area contributed by atoms with Crippen LogP contribution in [0.5, 0.6) is 0 Å². The summed E-state index contributed by atoms with van der Waals surface area (Å²) in [6.45, 7) is 1.61. The highest BCUT2D eigenvalue weighted by Gasteiger charge is 2.08. The van der Waals surface area contributed by atoms with Crippen molar-refractivity contribution in [1.82, 2.24) is 4.90 Å². The number of likely N-dealkylation sites (N-methyl/N-ethyl adjacent to an activating group) is 1. The van der Waals surface area contributed by atoms with Crippen molar-refractivity contribution in [3.8, 4) is 0 Å². The summed E-state index contributed by atoms with van der Waals surface area (Å²) >= 11 is 0. The highest BCUT2D eigenvalue weighted by Crippen LogP contribution is 2.02. The van der Waals surface area contributed by atoms with Gasteiger partial charge in [0, 0.05) is 12.1 Å². The van der Waals surface area contributed by atoms with Crippen molar-refractivity contribution in [2.45, 2.75) is 19.8 Å². The second kappa shape index (κ2) is 6.48. The first-order valence-electron chi connectivity index (χ1n) is 4.36. The first-order valence-corrected chi connectivity index (χ1v) is 4.36. The summed E-state index contributed by atoms with van der Waals surface area (Å²) in [5.74, 6) is -0.988. The van der Waals surface area contributed by atoms with Crippen LogP contribution in [0, 0.1) is 0 Å². The Kier molecular flexibility index (Phi) is 6.03. The molecule has 1 N–H and O–H groups in total. The van der Waals surface area contributed by atoms with E-state index in [0.29, 0.717) is 6.42 Å². The second-order valence-electron chi connectivity index (χ2n) is 3.00. The van der Waals surface area contributed by atoms with Crippen LogP contribution >= 0.6 is 0 Å². The van der Waals surface area contributed by atoms with E-state index in [9.17, 15) is 13.6 Å². The molecule has 0 heterocycles. The number of nitrogens with zero attached hydrogens (tertiary/aromatic N) is 1. The SMILES string of the molecule is CCC(=CCN(C)CC(F)F)C(=O)O. The van der Waals surface area contributed by atoms with Crippen LogP contribution in [0.15, 0.2) is 11.6 Å². The molecule has 0 aliphatic carbocycles. The average Bonchev–Trinajstić information content (AvgIpc) is 2.03. The van der Waals surface area contributed by atoms with Gasteiger partial charge in [0.25, 0.3) is 6.43 Å². The first-order chi connectivity index (χ1) is 6.47. The Morgan fingerprint density at radius 2 is 2.14 bits per heavy atom. The van der Waals surface area contributed by atoms with Crippen LogP contribution in [0.25, 0.3) is 0 Å². The molecule has 0 unspecified atom stereocenters. The van der Waals surface area contributed by atoms with E-state index in [4.69, 9.17) is 5.11 Å². The van der Waals surface area contributed by atoms with Crippen molar-refractivity contribution in [1.29, 1.82) is 0 Å². The third kappa shape index (κ3) is 5.64. The minimum atomic E-state index is -2.39. The Labute approximate surface area is 82.0 Å². The van der Waals surface area contributed by atoms with Crippen molar-refractivity contribution in [2.75, 3.05) is 20.1 Å². The van der Waals surface area contributed by atoms with Crippen molar-refractivity contribution < 1.29 is 18.7 Å². The fourth-order valence-corrected chi connectivity index (χ4v) is 0.959. The molecule has 0 aromatic heterocycles. The van der Waals surface area contributed by atoms with Crippen LogP contribution in [0.1, 0.15) is 13.3 Å². The van der Waals surface area contributed by atoms with E-state index in [-0.39, 0.29) is 18.7 Å². The van der Waals surface area contributed by atoms with Crippen LogP contribution in [-0.4, -0.2) is 42.5 Å². The molecular formula is C9H15F2NO2. The molecule has 82 valence electrons. The van der Waals surface area contributed by atoms with E-state index in [1.165, 1.54) is 18.0 Å². The molecular weight excluding hydrogens is 192 g/mol. The van der Waals surface area contributed by atoms with Crippen molar-refractivity contribution in [3.05, 3.63) is 11.6 Å². The molecule has 0 saturated heterocycles. The molecule has 0 bridgehead atoms. The zero-order valence-electron chi connectivity index (χ0n) is 8.33. The Hall–Kier alpha value is -0.970. The standard InChI is InChI=1S/C9H15F2NO2/c1-3-7(9(13)14)4-5-12(2)6-8(10)11/h4,8H,3,5-6H2,1-2H3,(H,13,14). The van der Waals surface area contributed by atoms with E-state index in [2.05, 4.69) is 0 Å². The van der Waals surface area contributed by atoms with Crippen LogP contribution < -0.4 is 0 Å². The number of carboxylic acid groups (broad SMARTS) is 1. The maximum absolute atomic E-state index is 11.9. The van der Waals surface area contributed by atoms with E-state index < -0.39 is 12.4 Å². The molecule has 0 saturated carbocycles. The van der Waals surface area contributed by atoms with Crippen molar-refractivity contribution in [3.63, 3.8) is 0 Å². The summed E-state index contributed by atoms with van der Waals surface area (Å²) in [5.41, 5.74) is 0.256. The first kappa shape index (κ1) is 13.0. The number of rotatable bonds is 6. The highest BCUT2D eigenvalue weighted by atomic mass is 19.3. The van der Waals surface area contributed by atoms with Gasteiger partial charge in [-0.05, 0) is 13.5 Å². The van der Waals surface area contributed by atoms with Gasteiger partial charge in [-0.25, -0.2) is 13.6 Å². The van der Waals surface area contributed by atoms with Gasteiger partial charge in [-0.2, -0.15) is 0 Å². The highest BCUT2D eigenvalue weighted by molar-refractivity contribution is 5.86. The number of hydrogen-bond donors (Lipinski definition) is 1. The van der Waals surface area contributed by atoms with Gasteiger partial charge in [0.2, 0.25) is 0 Å². The van der Waals surface area contributed by atoms with Crippen LogP contribution in [0.2, 0.25) is 0 Å². The summed E-state index contributed by atoms with van der Waals surface area (Å²) < 4.78 is 23.7. The van der Waals surface area contributed by atoms with Crippen LogP contribution in [0.4, 0.5) is 8.78 Å². The summed E-state index contributed by atoms with van der Waals surface area (Å²) in [6.07, 6.45) is -0.522. The lowest BCUT2D eigenvalue weighted by molar-refractivity contribution is -0.132. The molecule has 3 nitrogen and oxygen atoms in total. The van der Waals surface area contributed by atoms with E-state index in [0.717, 1.165) is 0 Å². The molecule has 0 spiro atoms. The van der Waals surface area contributed by atoms with Gasteiger partial charge < -0.3 is 5.11 Å². The molecule has 0 aromatic carbocycles. The monoisotopic (exact) mass is 207 g/mol. The smallest absolute Gasteiger partial charge is 0.331 e. The zero-order chi connectivity index (χ0) is 11.1. The van der Waals surface area contributed by atoms with Crippen molar-refractivity contribution in [2.24, 2.45) is 0 Å². The Balaban J connectivity index is 4.05. The minimum Gasteiger partial charge on any atom is -0.478 e. The maximum Gasteiger partial charge on any atom is 0.331 e. The molecule has 0 rings (SSSR count). The van der Waals surface area contributed by atoms with Gasteiger partial charge in [0.05, 0.1) is 6.54 Å². The molecule has 0 aromatic rings. The molecule has 0 fully saturated rings. The number of hydrogen-bond acceptors (Lipinski definition) is 2. The number of carbonyl (C=O) groups is 1. The van der Waals surface area contributed by atoms with Crippen molar-refractivity contribution >= 4 is 5.97 Å².